The van der Waals surface area contributed by atoms with Gasteiger partial charge in [0.25, 0.3) is 0 Å². The van der Waals surface area contributed by atoms with Crippen LogP contribution in [0.4, 0.5) is 0 Å². The van der Waals surface area contributed by atoms with E-state index < -0.39 is 0 Å². The Morgan fingerprint density at radius 2 is 1.55 bits per heavy atom. The fourth-order valence-corrected chi connectivity index (χ4v) is 3.60. The molecule has 3 unspecified atom stereocenters. The Bertz CT molecular complexity index is 478. The molecule has 2 aliphatic rings. The Morgan fingerprint density at radius 3 is 2.25 bits per heavy atom. The van der Waals surface area contributed by atoms with Crippen molar-refractivity contribution in [1.82, 2.24) is 0 Å². The van der Waals surface area contributed by atoms with E-state index in [1.54, 1.807) is 11.1 Å². The Hall–Kier alpha value is -1.30. The van der Waals surface area contributed by atoms with Crippen LogP contribution >= 0.6 is 0 Å². The van der Waals surface area contributed by atoms with Crippen molar-refractivity contribution in [2.45, 2.75) is 52.9 Å². The van der Waals surface area contributed by atoms with Gasteiger partial charge >= 0.3 is 0 Å². The summed E-state index contributed by atoms with van der Waals surface area (Å²) in [6, 6.07) is 11.1. The zero-order valence-electron chi connectivity index (χ0n) is 13.4. The molecule has 1 saturated carbocycles. The third-order valence-electron chi connectivity index (χ3n) is 4.87. The van der Waals surface area contributed by atoms with Gasteiger partial charge in [0.15, 0.2) is 0 Å². The van der Waals surface area contributed by atoms with Crippen LogP contribution in [0, 0.1) is 11.8 Å². The molecule has 3 atom stereocenters. The number of benzene rings is 1. The maximum absolute atomic E-state index is 2.48. The number of hydrogen-bond donors (Lipinski definition) is 0. The van der Waals surface area contributed by atoms with Crippen molar-refractivity contribution >= 4 is 0 Å². The van der Waals surface area contributed by atoms with Crippen molar-refractivity contribution < 1.29 is 0 Å². The lowest BCUT2D eigenvalue weighted by Crippen LogP contribution is -2.27. The lowest BCUT2D eigenvalue weighted by molar-refractivity contribution is 0.331. The van der Waals surface area contributed by atoms with Crippen molar-refractivity contribution in [3.63, 3.8) is 0 Å². The standard InChI is InChI=1S/C18H22.C2H6/c1-13-14(2)18(15-8-4-3-5-9-15)12-16-10-6-7-11-17(13)16;1-2/h3-5,8-11,13-14,18H,6-7,12H2,1-2H3;1-2H3. The second-order valence-electron chi connectivity index (χ2n) is 5.84. The van der Waals surface area contributed by atoms with Crippen LogP contribution in [-0.4, -0.2) is 0 Å². The van der Waals surface area contributed by atoms with Crippen LogP contribution in [0.25, 0.3) is 0 Å². The molecule has 0 spiro atoms. The molecule has 108 valence electrons. The van der Waals surface area contributed by atoms with Gasteiger partial charge in [-0.05, 0) is 53.7 Å². The molecule has 1 aromatic carbocycles. The summed E-state index contributed by atoms with van der Waals surface area (Å²) in [4.78, 5) is 0. The molecule has 0 aromatic heterocycles. The molecule has 0 N–H and O–H groups in total. The molecule has 0 bridgehead atoms. The highest BCUT2D eigenvalue weighted by molar-refractivity contribution is 5.41. The van der Waals surface area contributed by atoms with Crippen molar-refractivity contribution in [2.75, 3.05) is 0 Å². The minimum absolute atomic E-state index is 0.697. The first-order valence-electron chi connectivity index (χ1n) is 8.22. The van der Waals surface area contributed by atoms with Gasteiger partial charge in [0.2, 0.25) is 0 Å². The van der Waals surface area contributed by atoms with Crippen LogP contribution in [0.15, 0.2) is 53.6 Å². The quantitative estimate of drug-likeness (QED) is 0.575. The minimum atomic E-state index is 0.697. The van der Waals surface area contributed by atoms with Crippen LogP contribution in [0.1, 0.15) is 58.4 Å². The molecule has 20 heavy (non-hydrogen) atoms. The summed E-state index contributed by atoms with van der Waals surface area (Å²) < 4.78 is 0. The van der Waals surface area contributed by atoms with Gasteiger partial charge in [-0.1, -0.05) is 70.2 Å². The number of hydrogen-bond acceptors (Lipinski definition) is 0. The monoisotopic (exact) mass is 268 g/mol. The molecule has 0 heterocycles. The summed E-state index contributed by atoms with van der Waals surface area (Å²) in [5.41, 5.74) is 4.78. The van der Waals surface area contributed by atoms with E-state index >= 15 is 0 Å². The summed E-state index contributed by atoms with van der Waals surface area (Å²) >= 11 is 0. The third kappa shape index (κ3) is 2.90. The lowest BCUT2D eigenvalue weighted by atomic mass is 9.65. The molecule has 2 aliphatic carbocycles. The van der Waals surface area contributed by atoms with Crippen LogP contribution in [0.2, 0.25) is 0 Å². The normalized spacial score (nSPS) is 28.5. The largest absolute Gasteiger partial charge is 0.0807 e. The molecular formula is C20H28. The summed E-state index contributed by atoms with van der Waals surface area (Å²) in [6.07, 6.45) is 8.68. The maximum Gasteiger partial charge on any atom is -0.00901 e. The molecule has 0 heteroatoms. The van der Waals surface area contributed by atoms with E-state index in [9.17, 15) is 0 Å². The highest BCUT2D eigenvalue weighted by Crippen LogP contribution is 2.47. The second-order valence-corrected chi connectivity index (χ2v) is 5.84. The SMILES string of the molecule is CC.CC1C2=CCCC=C2CC(c2ccccc2)C1C. The van der Waals surface area contributed by atoms with Gasteiger partial charge in [-0.2, -0.15) is 0 Å². The van der Waals surface area contributed by atoms with Gasteiger partial charge in [-0.15, -0.1) is 0 Å². The molecule has 0 saturated heterocycles. The molecule has 3 rings (SSSR count). The van der Waals surface area contributed by atoms with E-state index in [4.69, 9.17) is 0 Å². The fourth-order valence-electron chi connectivity index (χ4n) is 3.60. The summed E-state index contributed by atoms with van der Waals surface area (Å²) in [6.45, 7) is 8.83. The van der Waals surface area contributed by atoms with E-state index in [2.05, 4.69) is 56.3 Å². The Kier molecular flexibility index (Phi) is 5.23. The molecule has 0 amide bonds. The van der Waals surface area contributed by atoms with Gasteiger partial charge in [-0.25, -0.2) is 0 Å². The van der Waals surface area contributed by atoms with E-state index in [-0.39, 0.29) is 0 Å². The highest BCUT2D eigenvalue weighted by Gasteiger charge is 2.34. The number of fused-ring (bicyclic) bond motifs is 1. The highest BCUT2D eigenvalue weighted by atomic mass is 14.4. The summed E-state index contributed by atoms with van der Waals surface area (Å²) in [5, 5.41) is 0. The predicted octanol–water partition coefficient (Wildman–Crippen LogP) is 6.12. The van der Waals surface area contributed by atoms with Crippen molar-refractivity contribution in [3.8, 4) is 0 Å². The topological polar surface area (TPSA) is 0 Å². The lowest BCUT2D eigenvalue weighted by Gasteiger charge is -2.39. The fraction of sp³-hybridized carbons (Fsp3) is 0.500. The number of allylic oxidation sites excluding steroid dienone is 4. The maximum atomic E-state index is 2.48. The summed E-state index contributed by atoms with van der Waals surface area (Å²) in [5.74, 6) is 2.15. The van der Waals surface area contributed by atoms with Gasteiger partial charge in [-0.3, -0.25) is 0 Å². The Morgan fingerprint density at radius 1 is 0.900 bits per heavy atom. The minimum Gasteiger partial charge on any atom is -0.0807 e. The molecule has 0 radical (unpaired) electrons. The first kappa shape index (κ1) is 15.1. The molecular weight excluding hydrogens is 240 g/mol. The Labute approximate surface area is 124 Å². The van der Waals surface area contributed by atoms with Crippen LogP contribution < -0.4 is 0 Å². The second kappa shape index (κ2) is 6.92. The van der Waals surface area contributed by atoms with E-state index in [0.717, 1.165) is 5.92 Å². The van der Waals surface area contributed by atoms with E-state index in [1.807, 2.05) is 13.8 Å². The third-order valence-corrected chi connectivity index (χ3v) is 4.87. The van der Waals surface area contributed by atoms with E-state index in [1.165, 1.54) is 24.8 Å². The number of rotatable bonds is 1. The average Bonchev–Trinajstić information content (AvgIpc) is 2.54. The van der Waals surface area contributed by atoms with Crippen molar-refractivity contribution in [2.24, 2.45) is 11.8 Å². The first-order chi connectivity index (χ1) is 9.77. The van der Waals surface area contributed by atoms with Crippen LogP contribution in [0.3, 0.4) is 0 Å². The van der Waals surface area contributed by atoms with Crippen LogP contribution in [0.5, 0.6) is 0 Å². The molecule has 1 aromatic rings. The molecule has 0 aliphatic heterocycles. The van der Waals surface area contributed by atoms with Crippen molar-refractivity contribution in [3.05, 3.63) is 59.2 Å². The van der Waals surface area contributed by atoms with Crippen LogP contribution in [-0.2, 0) is 0 Å². The smallest absolute Gasteiger partial charge is 0.00901 e. The first-order valence-corrected chi connectivity index (χ1v) is 8.22. The predicted molar refractivity (Wildman–Crippen MR) is 88.9 cm³/mol. The molecule has 0 nitrogen and oxygen atoms in total. The zero-order valence-corrected chi connectivity index (χ0v) is 13.4. The van der Waals surface area contributed by atoms with Gasteiger partial charge in [0.1, 0.15) is 0 Å². The van der Waals surface area contributed by atoms with Gasteiger partial charge in [0, 0.05) is 0 Å². The van der Waals surface area contributed by atoms with Gasteiger partial charge in [0.05, 0.1) is 0 Å². The average molecular weight is 268 g/mol. The zero-order chi connectivity index (χ0) is 14.5. The van der Waals surface area contributed by atoms with E-state index in [0.29, 0.717) is 11.8 Å². The van der Waals surface area contributed by atoms with Crippen molar-refractivity contribution in [1.29, 1.82) is 0 Å². The van der Waals surface area contributed by atoms with Gasteiger partial charge < -0.3 is 0 Å². The summed E-state index contributed by atoms with van der Waals surface area (Å²) in [7, 11) is 0. The molecule has 1 fully saturated rings. The Balaban J connectivity index is 0.000000704.